The van der Waals surface area contributed by atoms with E-state index in [9.17, 15) is 0 Å². The van der Waals surface area contributed by atoms with Gasteiger partial charge in [-0.25, -0.2) is 0 Å². The minimum Gasteiger partial charge on any atom is -0.0625 e. The molecule has 0 nitrogen and oxygen atoms in total. The van der Waals surface area contributed by atoms with Crippen molar-refractivity contribution in [2.45, 2.75) is 78.6 Å². The Labute approximate surface area is 109 Å². The predicted octanol–water partition coefficient (Wildman–Crippen LogP) is 5.67. The topological polar surface area (TPSA) is 0 Å². The Bertz CT molecular complexity index is 212. The lowest BCUT2D eigenvalue weighted by atomic mass is 9.64. The maximum atomic E-state index is 2.58. The van der Waals surface area contributed by atoms with Crippen LogP contribution in [0.25, 0.3) is 0 Å². The van der Waals surface area contributed by atoms with E-state index in [1.807, 2.05) is 0 Å². The summed E-state index contributed by atoms with van der Waals surface area (Å²) in [7, 11) is 0. The summed E-state index contributed by atoms with van der Waals surface area (Å²) in [6.07, 6.45) is 13.6. The molecule has 3 atom stereocenters. The molecule has 3 unspecified atom stereocenters. The van der Waals surface area contributed by atoms with E-state index in [0.717, 1.165) is 29.6 Å². The quantitative estimate of drug-likeness (QED) is 0.592. The minimum absolute atomic E-state index is 0.909. The standard InChI is InChI=1S/C17H32/c1-13(2)16-11-7-8-12-17(16)14(3)15-9-5-4-6-10-15/h13-17H,4-12H2,1-3H3. The molecule has 0 aliphatic heterocycles. The monoisotopic (exact) mass is 236 g/mol. The van der Waals surface area contributed by atoms with Crippen LogP contribution < -0.4 is 0 Å². The smallest absolute Gasteiger partial charge is 0.0355 e. The Morgan fingerprint density at radius 1 is 0.647 bits per heavy atom. The Kier molecular flexibility index (Phi) is 4.94. The van der Waals surface area contributed by atoms with Crippen molar-refractivity contribution in [2.24, 2.45) is 29.6 Å². The van der Waals surface area contributed by atoms with Crippen LogP contribution in [0, 0.1) is 29.6 Å². The first-order chi connectivity index (χ1) is 8.20. The van der Waals surface area contributed by atoms with Crippen molar-refractivity contribution in [3.8, 4) is 0 Å². The summed E-state index contributed by atoms with van der Waals surface area (Å²) in [4.78, 5) is 0. The van der Waals surface area contributed by atoms with Crippen LogP contribution in [-0.4, -0.2) is 0 Å². The Hall–Kier alpha value is 0. The Balaban J connectivity index is 1.97. The van der Waals surface area contributed by atoms with Gasteiger partial charge in [0.25, 0.3) is 0 Å². The fraction of sp³-hybridized carbons (Fsp3) is 1.00. The van der Waals surface area contributed by atoms with Crippen molar-refractivity contribution >= 4 is 0 Å². The van der Waals surface area contributed by atoms with Gasteiger partial charge < -0.3 is 0 Å². The average Bonchev–Trinajstić information content (AvgIpc) is 2.39. The highest BCUT2D eigenvalue weighted by Crippen LogP contribution is 2.44. The molecule has 0 heterocycles. The highest BCUT2D eigenvalue weighted by molar-refractivity contribution is 4.85. The van der Waals surface area contributed by atoms with Crippen molar-refractivity contribution in [1.82, 2.24) is 0 Å². The van der Waals surface area contributed by atoms with Gasteiger partial charge in [-0.1, -0.05) is 65.7 Å². The molecule has 0 saturated heterocycles. The lowest BCUT2D eigenvalue weighted by Gasteiger charge is -2.42. The second kappa shape index (κ2) is 6.25. The summed E-state index contributed by atoms with van der Waals surface area (Å²) in [5.41, 5.74) is 0. The van der Waals surface area contributed by atoms with Gasteiger partial charge in [0.1, 0.15) is 0 Å². The number of hydrogen-bond donors (Lipinski definition) is 0. The molecular weight excluding hydrogens is 204 g/mol. The lowest BCUT2D eigenvalue weighted by Crippen LogP contribution is -2.33. The van der Waals surface area contributed by atoms with Crippen LogP contribution in [0.2, 0.25) is 0 Å². The van der Waals surface area contributed by atoms with Gasteiger partial charge in [0.2, 0.25) is 0 Å². The van der Waals surface area contributed by atoms with Crippen molar-refractivity contribution in [2.75, 3.05) is 0 Å². The van der Waals surface area contributed by atoms with E-state index in [1.165, 1.54) is 57.8 Å². The molecule has 0 heteroatoms. The molecule has 0 radical (unpaired) electrons. The van der Waals surface area contributed by atoms with Gasteiger partial charge >= 0.3 is 0 Å². The molecule has 0 aromatic carbocycles. The van der Waals surface area contributed by atoms with Gasteiger partial charge in [0.05, 0.1) is 0 Å². The lowest BCUT2D eigenvalue weighted by molar-refractivity contribution is 0.0804. The van der Waals surface area contributed by atoms with Gasteiger partial charge in [0, 0.05) is 0 Å². The molecule has 2 fully saturated rings. The van der Waals surface area contributed by atoms with Crippen LogP contribution >= 0.6 is 0 Å². The molecule has 2 rings (SSSR count). The minimum atomic E-state index is 0.909. The summed E-state index contributed by atoms with van der Waals surface area (Å²) in [5.74, 6) is 5.05. The normalized spacial score (nSPS) is 33.9. The van der Waals surface area contributed by atoms with E-state index in [1.54, 1.807) is 0 Å². The number of hydrogen-bond acceptors (Lipinski definition) is 0. The third-order valence-electron chi connectivity index (χ3n) is 5.80. The summed E-state index contributed by atoms with van der Waals surface area (Å²) < 4.78 is 0. The molecule has 17 heavy (non-hydrogen) atoms. The molecule has 0 N–H and O–H groups in total. The van der Waals surface area contributed by atoms with Crippen LogP contribution in [0.5, 0.6) is 0 Å². The van der Waals surface area contributed by atoms with Crippen LogP contribution in [0.1, 0.15) is 78.6 Å². The average molecular weight is 236 g/mol. The first-order valence-electron chi connectivity index (χ1n) is 8.20. The molecule has 0 bridgehead atoms. The zero-order valence-corrected chi connectivity index (χ0v) is 12.3. The van der Waals surface area contributed by atoms with Gasteiger partial charge in [0.15, 0.2) is 0 Å². The zero-order valence-electron chi connectivity index (χ0n) is 12.3. The maximum absolute atomic E-state index is 2.58. The summed E-state index contributed by atoms with van der Waals surface area (Å²) in [5, 5.41) is 0. The maximum Gasteiger partial charge on any atom is -0.0355 e. The van der Waals surface area contributed by atoms with Gasteiger partial charge in [-0.3, -0.25) is 0 Å². The molecular formula is C17H32. The number of rotatable bonds is 3. The fourth-order valence-corrected chi connectivity index (χ4v) is 4.68. The second-order valence-corrected chi connectivity index (χ2v) is 7.11. The first-order valence-corrected chi connectivity index (χ1v) is 8.20. The molecule has 0 aromatic heterocycles. The van der Waals surface area contributed by atoms with Crippen molar-refractivity contribution in [3.63, 3.8) is 0 Å². The van der Waals surface area contributed by atoms with E-state index in [0.29, 0.717) is 0 Å². The molecule has 0 spiro atoms. The summed E-state index contributed by atoms with van der Waals surface area (Å²) in [6, 6.07) is 0. The predicted molar refractivity (Wildman–Crippen MR) is 76.0 cm³/mol. The Morgan fingerprint density at radius 2 is 1.18 bits per heavy atom. The fourth-order valence-electron chi connectivity index (χ4n) is 4.68. The third kappa shape index (κ3) is 3.26. The highest BCUT2D eigenvalue weighted by Gasteiger charge is 2.35. The molecule has 2 saturated carbocycles. The summed E-state index contributed by atoms with van der Waals surface area (Å²) >= 11 is 0. The van der Waals surface area contributed by atoms with E-state index in [4.69, 9.17) is 0 Å². The van der Waals surface area contributed by atoms with Crippen molar-refractivity contribution in [1.29, 1.82) is 0 Å². The SMILES string of the molecule is CC(C)C1CCCCC1C(C)C1CCCCC1. The van der Waals surface area contributed by atoms with Crippen molar-refractivity contribution in [3.05, 3.63) is 0 Å². The summed E-state index contributed by atoms with van der Waals surface area (Å²) in [6.45, 7) is 7.49. The zero-order chi connectivity index (χ0) is 12.3. The molecule has 100 valence electrons. The van der Waals surface area contributed by atoms with Gasteiger partial charge in [-0.15, -0.1) is 0 Å². The van der Waals surface area contributed by atoms with Gasteiger partial charge in [-0.05, 0) is 42.4 Å². The molecule has 0 amide bonds. The van der Waals surface area contributed by atoms with Crippen LogP contribution in [-0.2, 0) is 0 Å². The van der Waals surface area contributed by atoms with Crippen molar-refractivity contribution < 1.29 is 0 Å². The second-order valence-electron chi connectivity index (χ2n) is 7.11. The van der Waals surface area contributed by atoms with E-state index < -0.39 is 0 Å². The highest BCUT2D eigenvalue weighted by atomic mass is 14.4. The van der Waals surface area contributed by atoms with E-state index in [2.05, 4.69) is 20.8 Å². The van der Waals surface area contributed by atoms with Crippen LogP contribution in [0.4, 0.5) is 0 Å². The Morgan fingerprint density at radius 3 is 1.76 bits per heavy atom. The van der Waals surface area contributed by atoms with Gasteiger partial charge in [-0.2, -0.15) is 0 Å². The van der Waals surface area contributed by atoms with Crippen LogP contribution in [0.15, 0.2) is 0 Å². The molecule has 0 aromatic rings. The van der Waals surface area contributed by atoms with E-state index >= 15 is 0 Å². The molecule has 2 aliphatic carbocycles. The third-order valence-corrected chi connectivity index (χ3v) is 5.80. The first kappa shape index (κ1) is 13.4. The molecule has 2 aliphatic rings. The van der Waals surface area contributed by atoms with Crippen LogP contribution in [0.3, 0.4) is 0 Å². The van der Waals surface area contributed by atoms with E-state index in [-0.39, 0.29) is 0 Å². The largest absolute Gasteiger partial charge is 0.0625 e.